The van der Waals surface area contributed by atoms with Crippen molar-refractivity contribution in [1.29, 1.82) is 0 Å². The van der Waals surface area contributed by atoms with E-state index < -0.39 is 0 Å². The summed E-state index contributed by atoms with van der Waals surface area (Å²) in [4.78, 5) is 1.40. The molecule has 5 heteroatoms. The van der Waals surface area contributed by atoms with Gasteiger partial charge in [0.25, 0.3) is 0 Å². The summed E-state index contributed by atoms with van der Waals surface area (Å²) in [5.74, 6) is 2.22. The highest BCUT2D eigenvalue weighted by Crippen LogP contribution is 2.27. The summed E-state index contributed by atoms with van der Waals surface area (Å²) in [7, 11) is 3.26. The smallest absolute Gasteiger partial charge is 0.126 e. The number of hydrogen-bond donors (Lipinski definition) is 1. The van der Waals surface area contributed by atoms with Gasteiger partial charge >= 0.3 is 0 Å². The van der Waals surface area contributed by atoms with Gasteiger partial charge in [0, 0.05) is 36.2 Å². The van der Waals surface area contributed by atoms with Gasteiger partial charge in [0.2, 0.25) is 0 Å². The molecule has 0 saturated carbocycles. The number of nitrogens with one attached hydrogen (secondary N) is 1. The highest BCUT2D eigenvalue weighted by Gasteiger charge is 2.02. The summed E-state index contributed by atoms with van der Waals surface area (Å²) < 4.78 is 16.1. The van der Waals surface area contributed by atoms with Crippen molar-refractivity contribution in [3.05, 3.63) is 40.6 Å². The molecular weight excluding hydrogens is 286 g/mol. The van der Waals surface area contributed by atoms with E-state index in [2.05, 4.69) is 22.8 Å². The molecule has 0 aliphatic heterocycles. The van der Waals surface area contributed by atoms with Crippen LogP contribution in [0.4, 0.5) is 0 Å². The molecule has 2 rings (SSSR count). The van der Waals surface area contributed by atoms with Crippen molar-refractivity contribution < 1.29 is 14.2 Å². The van der Waals surface area contributed by atoms with Gasteiger partial charge in [-0.15, -0.1) is 11.3 Å². The van der Waals surface area contributed by atoms with Gasteiger partial charge < -0.3 is 19.5 Å². The number of benzene rings is 1. The van der Waals surface area contributed by atoms with E-state index in [1.54, 1.807) is 25.6 Å². The van der Waals surface area contributed by atoms with Crippen molar-refractivity contribution in [3.8, 4) is 17.2 Å². The van der Waals surface area contributed by atoms with Gasteiger partial charge in [-0.2, -0.15) is 0 Å². The van der Waals surface area contributed by atoms with Crippen LogP contribution in [0.3, 0.4) is 0 Å². The standard InChI is InChI=1S/C16H21NO3S/c1-18-13-10-14(19-2)12-15(11-13)20-8-7-17-6-5-16-4-3-9-21-16/h3-4,9-12,17H,5-8H2,1-2H3. The molecule has 1 N–H and O–H groups in total. The van der Waals surface area contributed by atoms with Crippen LogP contribution in [-0.2, 0) is 6.42 Å². The Kier molecular flexibility index (Phi) is 6.37. The lowest BCUT2D eigenvalue weighted by atomic mass is 10.3. The lowest BCUT2D eigenvalue weighted by Gasteiger charge is -2.10. The SMILES string of the molecule is COc1cc(OC)cc(OCCNCCc2cccs2)c1. The van der Waals surface area contributed by atoms with Crippen LogP contribution >= 0.6 is 11.3 Å². The molecule has 0 spiro atoms. The van der Waals surface area contributed by atoms with Crippen LogP contribution in [0, 0.1) is 0 Å². The van der Waals surface area contributed by atoms with E-state index in [1.165, 1.54) is 4.88 Å². The molecule has 114 valence electrons. The molecule has 0 aliphatic carbocycles. The summed E-state index contributed by atoms with van der Waals surface area (Å²) in [5, 5.41) is 5.48. The van der Waals surface area contributed by atoms with Gasteiger partial charge in [-0.1, -0.05) is 6.07 Å². The van der Waals surface area contributed by atoms with Gasteiger partial charge in [0.05, 0.1) is 14.2 Å². The lowest BCUT2D eigenvalue weighted by Crippen LogP contribution is -2.23. The van der Waals surface area contributed by atoms with Crippen molar-refractivity contribution in [1.82, 2.24) is 5.32 Å². The third-order valence-electron chi connectivity index (χ3n) is 3.00. The summed E-state index contributed by atoms with van der Waals surface area (Å²) in [5.41, 5.74) is 0. The summed E-state index contributed by atoms with van der Waals surface area (Å²) in [6.07, 6.45) is 1.06. The summed E-state index contributed by atoms with van der Waals surface area (Å²) in [6.45, 7) is 2.39. The normalized spacial score (nSPS) is 10.4. The average molecular weight is 307 g/mol. The highest BCUT2D eigenvalue weighted by molar-refractivity contribution is 7.09. The second kappa shape index (κ2) is 8.54. The molecule has 0 bridgehead atoms. The van der Waals surface area contributed by atoms with Crippen LogP contribution in [0.25, 0.3) is 0 Å². The molecule has 21 heavy (non-hydrogen) atoms. The fourth-order valence-corrected chi connectivity index (χ4v) is 2.61. The zero-order valence-electron chi connectivity index (χ0n) is 12.4. The monoisotopic (exact) mass is 307 g/mol. The Balaban J connectivity index is 1.68. The Morgan fingerprint density at radius 1 is 1.00 bits per heavy atom. The molecule has 0 saturated heterocycles. The Morgan fingerprint density at radius 2 is 1.71 bits per heavy atom. The first-order valence-corrected chi connectivity index (χ1v) is 7.79. The zero-order valence-corrected chi connectivity index (χ0v) is 13.2. The van der Waals surface area contributed by atoms with Gasteiger partial charge in [0.1, 0.15) is 23.9 Å². The molecule has 0 amide bonds. The molecule has 0 atom stereocenters. The van der Waals surface area contributed by atoms with Crippen molar-refractivity contribution >= 4 is 11.3 Å². The first-order valence-electron chi connectivity index (χ1n) is 6.91. The molecule has 0 unspecified atom stereocenters. The van der Waals surface area contributed by atoms with Crippen molar-refractivity contribution in [2.24, 2.45) is 0 Å². The molecule has 4 nitrogen and oxygen atoms in total. The molecular formula is C16H21NO3S. The Hall–Kier alpha value is -1.72. The molecule has 0 aliphatic rings. The van der Waals surface area contributed by atoms with Crippen LogP contribution in [0.5, 0.6) is 17.2 Å². The Morgan fingerprint density at radius 3 is 2.33 bits per heavy atom. The second-order valence-corrected chi connectivity index (χ2v) is 5.51. The van der Waals surface area contributed by atoms with E-state index >= 15 is 0 Å². The Bertz CT molecular complexity index is 506. The molecule has 0 fully saturated rings. The number of ether oxygens (including phenoxy) is 3. The summed E-state index contributed by atoms with van der Waals surface area (Å²) >= 11 is 1.79. The predicted octanol–water partition coefficient (Wildman–Crippen LogP) is 2.98. The van der Waals surface area contributed by atoms with Crippen LogP contribution in [-0.4, -0.2) is 33.9 Å². The maximum atomic E-state index is 5.71. The number of hydrogen-bond acceptors (Lipinski definition) is 5. The maximum Gasteiger partial charge on any atom is 0.126 e. The maximum absolute atomic E-state index is 5.71. The molecule has 1 aromatic heterocycles. The predicted molar refractivity (Wildman–Crippen MR) is 85.9 cm³/mol. The van der Waals surface area contributed by atoms with Crippen LogP contribution in [0.1, 0.15) is 4.88 Å². The van der Waals surface area contributed by atoms with Gasteiger partial charge in [-0.05, 0) is 17.9 Å². The fraction of sp³-hybridized carbons (Fsp3) is 0.375. The molecule has 0 radical (unpaired) electrons. The van der Waals surface area contributed by atoms with Crippen LogP contribution < -0.4 is 19.5 Å². The number of methoxy groups -OCH3 is 2. The minimum Gasteiger partial charge on any atom is -0.496 e. The second-order valence-electron chi connectivity index (χ2n) is 4.48. The third-order valence-corrected chi connectivity index (χ3v) is 3.94. The lowest BCUT2D eigenvalue weighted by molar-refractivity contribution is 0.308. The van der Waals surface area contributed by atoms with E-state index in [0.717, 1.165) is 36.8 Å². The van der Waals surface area contributed by atoms with E-state index in [9.17, 15) is 0 Å². The largest absolute Gasteiger partial charge is 0.496 e. The van der Waals surface area contributed by atoms with Crippen molar-refractivity contribution in [2.45, 2.75) is 6.42 Å². The van der Waals surface area contributed by atoms with Gasteiger partial charge in [-0.3, -0.25) is 0 Å². The van der Waals surface area contributed by atoms with E-state index in [4.69, 9.17) is 14.2 Å². The van der Waals surface area contributed by atoms with E-state index in [-0.39, 0.29) is 0 Å². The first-order chi connectivity index (χ1) is 10.3. The van der Waals surface area contributed by atoms with Crippen LogP contribution in [0.2, 0.25) is 0 Å². The number of rotatable bonds is 9. The van der Waals surface area contributed by atoms with E-state index in [0.29, 0.717) is 6.61 Å². The minimum atomic E-state index is 0.612. The van der Waals surface area contributed by atoms with Gasteiger partial charge in [0.15, 0.2) is 0 Å². The third kappa shape index (κ3) is 5.28. The minimum absolute atomic E-state index is 0.612. The molecule has 2 aromatic rings. The van der Waals surface area contributed by atoms with E-state index in [1.807, 2.05) is 18.2 Å². The average Bonchev–Trinajstić information content (AvgIpc) is 3.03. The van der Waals surface area contributed by atoms with Crippen molar-refractivity contribution in [2.75, 3.05) is 33.9 Å². The first kappa shape index (κ1) is 15.7. The quantitative estimate of drug-likeness (QED) is 0.723. The highest BCUT2D eigenvalue weighted by atomic mass is 32.1. The molecule has 1 aromatic carbocycles. The van der Waals surface area contributed by atoms with Crippen LogP contribution in [0.15, 0.2) is 35.7 Å². The molecule has 1 heterocycles. The topological polar surface area (TPSA) is 39.7 Å². The Labute approximate surface area is 129 Å². The van der Waals surface area contributed by atoms with Gasteiger partial charge in [-0.25, -0.2) is 0 Å². The summed E-state index contributed by atoms with van der Waals surface area (Å²) in [6, 6.07) is 9.78. The number of thiophene rings is 1. The fourth-order valence-electron chi connectivity index (χ4n) is 1.90. The zero-order chi connectivity index (χ0) is 14.9. The van der Waals surface area contributed by atoms with Crippen molar-refractivity contribution in [3.63, 3.8) is 0 Å².